The van der Waals surface area contributed by atoms with Gasteiger partial charge in [-0.1, -0.05) is 13.0 Å². The molecular weight excluding hydrogens is 225 g/mol. The standard InChI is InChI=1S/C12H18FNOS/c1-2-11(14)6-4-8-16(15)12-7-3-5-10(13)9-12/h3,5,7,9,11H,2,4,6,8,14H2,1H3. The number of rotatable bonds is 6. The molecule has 0 bridgehead atoms. The molecule has 0 amide bonds. The van der Waals surface area contributed by atoms with E-state index in [1.54, 1.807) is 12.1 Å². The monoisotopic (exact) mass is 243 g/mol. The van der Waals surface area contributed by atoms with Gasteiger partial charge in [-0.15, -0.1) is 0 Å². The minimum atomic E-state index is -1.11. The first-order valence-corrected chi connectivity index (χ1v) is 6.85. The molecule has 0 fully saturated rings. The molecule has 4 heteroatoms. The van der Waals surface area contributed by atoms with Crippen molar-refractivity contribution in [1.82, 2.24) is 0 Å². The van der Waals surface area contributed by atoms with Crippen LogP contribution < -0.4 is 5.73 Å². The van der Waals surface area contributed by atoms with E-state index in [0.717, 1.165) is 19.3 Å². The molecule has 0 saturated heterocycles. The lowest BCUT2D eigenvalue weighted by molar-refractivity contribution is 0.585. The molecule has 1 rings (SSSR count). The van der Waals surface area contributed by atoms with Crippen LogP contribution in [0.15, 0.2) is 29.2 Å². The topological polar surface area (TPSA) is 43.1 Å². The molecule has 0 spiro atoms. The van der Waals surface area contributed by atoms with E-state index in [2.05, 4.69) is 0 Å². The lowest BCUT2D eigenvalue weighted by Gasteiger charge is -2.07. The molecule has 0 aliphatic heterocycles. The van der Waals surface area contributed by atoms with E-state index < -0.39 is 10.8 Å². The fraction of sp³-hybridized carbons (Fsp3) is 0.500. The summed E-state index contributed by atoms with van der Waals surface area (Å²) in [4.78, 5) is 0.560. The number of hydrogen-bond donors (Lipinski definition) is 1. The zero-order valence-corrected chi connectivity index (χ0v) is 10.3. The van der Waals surface area contributed by atoms with Gasteiger partial charge in [-0.2, -0.15) is 0 Å². The number of halogens is 1. The van der Waals surface area contributed by atoms with Gasteiger partial charge >= 0.3 is 0 Å². The quantitative estimate of drug-likeness (QED) is 0.834. The highest BCUT2D eigenvalue weighted by molar-refractivity contribution is 7.85. The van der Waals surface area contributed by atoms with E-state index in [0.29, 0.717) is 10.6 Å². The fourth-order valence-electron chi connectivity index (χ4n) is 1.41. The van der Waals surface area contributed by atoms with Crippen molar-refractivity contribution in [3.8, 4) is 0 Å². The molecular formula is C12H18FNOS. The molecule has 0 heterocycles. The van der Waals surface area contributed by atoms with E-state index in [9.17, 15) is 8.60 Å². The first-order valence-electron chi connectivity index (χ1n) is 5.53. The zero-order chi connectivity index (χ0) is 12.0. The van der Waals surface area contributed by atoms with Gasteiger partial charge in [0.15, 0.2) is 0 Å². The van der Waals surface area contributed by atoms with Crippen LogP contribution in [0.5, 0.6) is 0 Å². The van der Waals surface area contributed by atoms with Crippen LogP contribution in [0.25, 0.3) is 0 Å². The summed E-state index contributed by atoms with van der Waals surface area (Å²) in [6.45, 7) is 2.04. The second kappa shape index (κ2) is 6.76. The number of benzene rings is 1. The molecule has 2 N–H and O–H groups in total. The van der Waals surface area contributed by atoms with Crippen LogP contribution in [0.2, 0.25) is 0 Å². The molecule has 1 aromatic carbocycles. The summed E-state index contributed by atoms with van der Waals surface area (Å²) in [7, 11) is -1.11. The van der Waals surface area contributed by atoms with E-state index in [4.69, 9.17) is 5.73 Å². The van der Waals surface area contributed by atoms with Crippen molar-refractivity contribution < 1.29 is 8.60 Å². The zero-order valence-electron chi connectivity index (χ0n) is 9.49. The summed E-state index contributed by atoms with van der Waals surface area (Å²) in [5.41, 5.74) is 5.76. The lowest BCUT2D eigenvalue weighted by atomic mass is 10.1. The van der Waals surface area contributed by atoms with E-state index in [1.165, 1.54) is 12.1 Å². The molecule has 0 aliphatic carbocycles. The molecule has 0 aromatic heterocycles. The Kier molecular flexibility index (Phi) is 5.63. The minimum absolute atomic E-state index is 0.185. The summed E-state index contributed by atoms with van der Waals surface area (Å²) < 4.78 is 24.6. The Morgan fingerprint density at radius 1 is 1.50 bits per heavy atom. The maximum absolute atomic E-state index is 12.9. The van der Waals surface area contributed by atoms with Gasteiger partial charge in [0, 0.05) is 16.7 Å². The van der Waals surface area contributed by atoms with Crippen molar-refractivity contribution in [3.63, 3.8) is 0 Å². The van der Waals surface area contributed by atoms with Crippen LogP contribution in [0, 0.1) is 5.82 Å². The molecule has 16 heavy (non-hydrogen) atoms. The Labute approximate surface area is 98.5 Å². The van der Waals surface area contributed by atoms with Gasteiger partial charge in [0.2, 0.25) is 0 Å². The molecule has 1 aromatic rings. The number of nitrogens with two attached hydrogens (primary N) is 1. The molecule has 0 saturated carbocycles. The van der Waals surface area contributed by atoms with Gasteiger partial charge in [-0.25, -0.2) is 4.39 Å². The minimum Gasteiger partial charge on any atom is -0.328 e. The van der Waals surface area contributed by atoms with E-state index >= 15 is 0 Å². The van der Waals surface area contributed by atoms with E-state index in [-0.39, 0.29) is 11.9 Å². The summed E-state index contributed by atoms with van der Waals surface area (Å²) in [5.74, 6) is 0.216. The largest absolute Gasteiger partial charge is 0.328 e. The third kappa shape index (κ3) is 4.41. The van der Waals surface area contributed by atoms with Crippen molar-refractivity contribution in [3.05, 3.63) is 30.1 Å². The Bertz CT molecular complexity index is 357. The predicted molar refractivity (Wildman–Crippen MR) is 65.2 cm³/mol. The third-order valence-electron chi connectivity index (χ3n) is 2.49. The fourth-order valence-corrected chi connectivity index (χ4v) is 2.55. The molecule has 2 unspecified atom stereocenters. The highest BCUT2D eigenvalue weighted by atomic mass is 32.2. The number of hydrogen-bond acceptors (Lipinski definition) is 2. The normalized spacial score (nSPS) is 14.7. The Hall–Kier alpha value is -0.740. The Morgan fingerprint density at radius 2 is 2.25 bits per heavy atom. The lowest BCUT2D eigenvalue weighted by Crippen LogP contribution is -2.19. The Balaban J connectivity index is 2.41. The highest BCUT2D eigenvalue weighted by Crippen LogP contribution is 2.11. The van der Waals surface area contributed by atoms with Gasteiger partial charge in [0.25, 0.3) is 0 Å². The summed E-state index contributed by atoms with van der Waals surface area (Å²) in [6.07, 6.45) is 2.63. The first-order chi connectivity index (χ1) is 7.63. The van der Waals surface area contributed by atoms with Crippen LogP contribution in [0.3, 0.4) is 0 Å². The predicted octanol–water partition coefficient (Wildman–Crippen LogP) is 2.45. The van der Waals surface area contributed by atoms with Gasteiger partial charge in [-0.05, 0) is 37.5 Å². The molecule has 90 valence electrons. The van der Waals surface area contributed by atoms with Crippen molar-refractivity contribution in [2.75, 3.05) is 5.75 Å². The van der Waals surface area contributed by atoms with Crippen molar-refractivity contribution >= 4 is 10.8 Å². The van der Waals surface area contributed by atoms with Crippen LogP contribution >= 0.6 is 0 Å². The second-order valence-electron chi connectivity index (χ2n) is 3.82. The van der Waals surface area contributed by atoms with Crippen molar-refractivity contribution in [1.29, 1.82) is 0 Å². The smallest absolute Gasteiger partial charge is 0.124 e. The maximum atomic E-state index is 12.9. The third-order valence-corrected chi connectivity index (χ3v) is 3.93. The van der Waals surface area contributed by atoms with Crippen molar-refractivity contribution in [2.45, 2.75) is 37.1 Å². The summed E-state index contributed by atoms with van der Waals surface area (Å²) in [5, 5.41) is 0. The van der Waals surface area contributed by atoms with E-state index in [1.807, 2.05) is 6.92 Å². The van der Waals surface area contributed by atoms with Gasteiger partial charge in [0.1, 0.15) is 5.82 Å². The van der Waals surface area contributed by atoms with Gasteiger partial charge in [0.05, 0.1) is 10.8 Å². The molecule has 0 aliphatic rings. The van der Waals surface area contributed by atoms with Crippen LogP contribution in [0.1, 0.15) is 26.2 Å². The van der Waals surface area contributed by atoms with Crippen molar-refractivity contribution in [2.24, 2.45) is 5.73 Å². The summed E-state index contributed by atoms with van der Waals surface area (Å²) in [6, 6.07) is 6.15. The van der Waals surface area contributed by atoms with Gasteiger partial charge in [-0.3, -0.25) is 4.21 Å². The average molecular weight is 243 g/mol. The van der Waals surface area contributed by atoms with Crippen LogP contribution in [0.4, 0.5) is 4.39 Å². The van der Waals surface area contributed by atoms with Crippen LogP contribution in [-0.4, -0.2) is 16.0 Å². The summed E-state index contributed by atoms with van der Waals surface area (Å²) >= 11 is 0. The first kappa shape index (κ1) is 13.3. The van der Waals surface area contributed by atoms with Crippen LogP contribution in [-0.2, 0) is 10.8 Å². The van der Waals surface area contributed by atoms with Gasteiger partial charge < -0.3 is 5.73 Å². The second-order valence-corrected chi connectivity index (χ2v) is 5.39. The average Bonchev–Trinajstić information content (AvgIpc) is 2.28. The SMILES string of the molecule is CCC(N)CCCS(=O)c1cccc(F)c1. The Morgan fingerprint density at radius 3 is 2.88 bits per heavy atom. The molecule has 2 atom stereocenters. The highest BCUT2D eigenvalue weighted by Gasteiger charge is 2.06. The molecule has 2 nitrogen and oxygen atoms in total. The maximum Gasteiger partial charge on any atom is 0.124 e. The molecule has 0 radical (unpaired) electrons.